The number of rotatable bonds is 10. The summed E-state index contributed by atoms with van der Waals surface area (Å²) in [5, 5.41) is 19.6. The number of hydrogen-bond donors (Lipinski definition) is 4. The highest BCUT2D eigenvalue weighted by Crippen LogP contribution is 2.54. The summed E-state index contributed by atoms with van der Waals surface area (Å²) in [5.74, 6) is 1.16. The summed E-state index contributed by atoms with van der Waals surface area (Å²) in [4.78, 5) is 19.7. The minimum Gasteiger partial charge on any atom is -0.480 e. The van der Waals surface area contributed by atoms with E-state index in [0.717, 1.165) is 29.8 Å². The maximum atomic E-state index is 12.9. The molecule has 0 amide bonds. The van der Waals surface area contributed by atoms with Gasteiger partial charge < -0.3 is 25.2 Å². The van der Waals surface area contributed by atoms with Gasteiger partial charge in [-0.3, -0.25) is 5.41 Å². The van der Waals surface area contributed by atoms with E-state index in [0.29, 0.717) is 22.6 Å². The van der Waals surface area contributed by atoms with Gasteiger partial charge in [-0.2, -0.15) is 18.2 Å². The van der Waals surface area contributed by atoms with Crippen LogP contribution in [0.5, 0.6) is 11.9 Å². The molecule has 1 saturated carbocycles. The van der Waals surface area contributed by atoms with Crippen LogP contribution in [0.3, 0.4) is 0 Å². The third-order valence-corrected chi connectivity index (χ3v) is 6.67. The highest BCUT2D eigenvalue weighted by Gasteiger charge is 2.42. The number of allylic oxidation sites excluding steroid dienone is 2. The number of aromatic amines is 1. The molecule has 1 fully saturated rings. The van der Waals surface area contributed by atoms with E-state index in [1.807, 2.05) is 12.1 Å². The summed E-state index contributed by atoms with van der Waals surface area (Å²) in [6, 6.07) is 7.90. The fourth-order valence-electron chi connectivity index (χ4n) is 4.52. The van der Waals surface area contributed by atoms with Gasteiger partial charge in [0.25, 0.3) is 0 Å². The zero-order valence-electron chi connectivity index (χ0n) is 22.0. The van der Waals surface area contributed by atoms with E-state index in [1.165, 1.54) is 32.7 Å². The molecule has 13 heteroatoms. The number of anilines is 2. The van der Waals surface area contributed by atoms with Gasteiger partial charge in [0, 0.05) is 47.8 Å². The number of halogens is 3. The van der Waals surface area contributed by atoms with Gasteiger partial charge in [-0.25, -0.2) is 15.0 Å². The van der Waals surface area contributed by atoms with Crippen LogP contribution >= 0.6 is 0 Å². The standard InChI is InChI=1S/C28H25F3N8O2/c1-40-26-21(14-37-27(39-26)41-2)22(33)11-20(25-34-7-8-35-25)19-10-18(19)15-3-4-16(12-32)23(9-15)38-24-6-5-17(13-36-24)28(29,30)31/h3-9,11-14,18-19,32-33H,10H2,1-2H3,(H,34,35)(H,36,38)/b20-11-,32-12?,33-22?/t18-,19+/m1/s1. The third kappa shape index (κ3) is 5.93. The lowest BCUT2D eigenvalue weighted by molar-refractivity contribution is -0.137. The molecule has 10 nitrogen and oxygen atoms in total. The van der Waals surface area contributed by atoms with E-state index in [-0.39, 0.29) is 35.3 Å². The summed E-state index contributed by atoms with van der Waals surface area (Å²) >= 11 is 0. The fraction of sp³-hybridized carbons (Fsp3) is 0.214. The van der Waals surface area contributed by atoms with Crippen molar-refractivity contribution in [2.75, 3.05) is 19.5 Å². The molecule has 0 unspecified atom stereocenters. The van der Waals surface area contributed by atoms with Crippen molar-refractivity contribution in [3.8, 4) is 11.9 Å². The van der Waals surface area contributed by atoms with Crippen molar-refractivity contribution < 1.29 is 22.6 Å². The maximum Gasteiger partial charge on any atom is 0.417 e. The van der Waals surface area contributed by atoms with Crippen LogP contribution in [0.25, 0.3) is 5.57 Å². The van der Waals surface area contributed by atoms with E-state index in [2.05, 4.69) is 30.2 Å². The van der Waals surface area contributed by atoms with Crippen LogP contribution in [0.2, 0.25) is 0 Å². The first-order valence-electron chi connectivity index (χ1n) is 12.4. The molecular weight excluding hydrogens is 537 g/mol. The van der Waals surface area contributed by atoms with Gasteiger partial charge in [0.15, 0.2) is 0 Å². The van der Waals surface area contributed by atoms with Crippen molar-refractivity contribution in [3.63, 3.8) is 0 Å². The van der Waals surface area contributed by atoms with Gasteiger partial charge in [-0.05, 0) is 48.1 Å². The van der Waals surface area contributed by atoms with Crippen molar-refractivity contribution >= 4 is 29.0 Å². The maximum absolute atomic E-state index is 12.9. The molecule has 4 aromatic rings. The highest BCUT2D eigenvalue weighted by atomic mass is 19.4. The Balaban J connectivity index is 1.42. The first kappa shape index (κ1) is 27.5. The molecule has 0 saturated heterocycles. The van der Waals surface area contributed by atoms with E-state index >= 15 is 0 Å². The fourth-order valence-corrected chi connectivity index (χ4v) is 4.52. The Bertz CT molecular complexity index is 1600. The Hall–Kier alpha value is -5.07. The number of methoxy groups -OCH3 is 2. The second-order valence-corrected chi connectivity index (χ2v) is 9.23. The summed E-state index contributed by atoms with van der Waals surface area (Å²) in [5.41, 5.74) is 2.57. The number of hydrogen-bond acceptors (Lipinski definition) is 9. The van der Waals surface area contributed by atoms with Crippen LogP contribution in [-0.2, 0) is 6.18 Å². The average molecular weight is 563 g/mol. The van der Waals surface area contributed by atoms with Crippen LogP contribution in [0.1, 0.15) is 40.4 Å². The number of nitrogens with zero attached hydrogens (tertiary/aromatic N) is 4. The lowest BCUT2D eigenvalue weighted by atomic mass is 9.99. The molecule has 2 atom stereocenters. The molecule has 1 aliphatic rings. The van der Waals surface area contributed by atoms with Gasteiger partial charge >= 0.3 is 12.2 Å². The molecule has 41 heavy (non-hydrogen) atoms. The predicted molar refractivity (Wildman–Crippen MR) is 146 cm³/mol. The number of ether oxygens (including phenoxy) is 2. The molecular formula is C28H25F3N8O2. The highest BCUT2D eigenvalue weighted by molar-refractivity contribution is 6.11. The summed E-state index contributed by atoms with van der Waals surface area (Å²) < 4.78 is 49.2. The van der Waals surface area contributed by atoms with Gasteiger partial charge in [0.05, 0.1) is 31.1 Å². The molecule has 0 bridgehead atoms. The van der Waals surface area contributed by atoms with Gasteiger partial charge in [0.1, 0.15) is 11.6 Å². The van der Waals surface area contributed by atoms with Crippen LogP contribution in [0.4, 0.5) is 24.7 Å². The second-order valence-electron chi connectivity index (χ2n) is 9.23. The Morgan fingerprint density at radius 3 is 2.56 bits per heavy atom. The van der Waals surface area contributed by atoms with Crippen molar-refractivity contribution in [2.24, 2.45) is 5.92 Å². The zero-order chi connectivity index (χ0) is 29.1. The summed E-state index contributed by atoms with van der Waals surface area (Å²) in [6.45, 7) is 0. The van der Waals surface area contributed by atoms with Crippen molar-refractivity contribution in [1.29, 1.82) is 10.8 Å². The Labute approximate surface area is 232 Å². The number of pyridine rings is 1. The molecule has 3 aromatic heterocycles. The molecule has 1 aromatic carbocycles. The second kappa shape index (κ2) is 11.2. The first-order chi connectivity index (χ1) is 19.7. The minimum absolute atomic E-state index is 0.0227. The molecule has 4 N–H and O–H groups in total. The van der Waals surface area contributed by atoms with Crippen molar-refractivity contribution in [3.05, 3.63) is 89.3 Å². The Morgan fingerprint density at radius 2 is 1.93 bits per heavy atom. The number of imidazole rings is 1. The summed E-state index contributed by atoms with van der Waals surface area (Å²) in [6.07, 6.45) is 4.77. The van der Waals surface area contributed by atoms with E-state index in [9.17, 15) is 13.2 Å². The number of nitrogens with one attached hydrogen (secondary N) is 4. The predicted octanol–water partition coefficient (Wildman–Crippen LogP) is 5.63. The SMILES string of the molecule is COc1ncc(C(=N)/C=C(\c2ncc[nH]2)[C@H]2C[C@@H]2c2ccc(C=N)c(Nc3ccc(C(F)(F)F)cn3)c2)c(OC)n1. The van der Waals surface area contributed by atoms with Gasteiger partial charge in [-0.1, -0.05) is 12.1 Å². The van der Waals surface area contributed by atoms with Gasteiger partial charge in [-0.15, -0.1) is 0 Å². The smallest absolute Gasteiger partial charge is 0.417 e. The Morgan fingerprint density at radius 1 is 1.10 bits per heavy atom. The monoisotopic (exact) mass is 562 g/mol. The lowest BCUT2D eigenvalue weighted by Gasteiger charge is -2.13. The minimum atomic E-state index is -4.48. The topological polar surface area (TPSA) is 146 Å². The van der Waals surface area contributed by atoms with Crippen molar-refractivity contribution in [2.45, 2.75) is 18.5 Å². The molecule has 5 rings (SSSR count). The number of benzene rings is 1. The van der Waals surface area contributed by atoms with Crippen LogP contribution in [0.15, 0.2) is 61.2 Å². The van der Waals surface area contributed by atoms with Crippen LogP contribution in [0, 0.1) is 16.7 Å². The van der Waals surface area contributed by atoms with Crippen LogP contribution in [-0.4, -0.2) is 51.1 Å². The first-order valence-corrected chi connectivity index (χ1v) is 12.4. The molecule has 0 radical (unpaired) electrons. The normalized spacial score (nSPS) is 16.7. The lowest BCUT2D eigenvalue weighted by Crippen LogP contribution is -2.06. The Kier molecular flexibility index (Phi) is 7.51. The number of H-pyrrole nitrogens is 1. The summed E-state index contributed by atoms with van der Waals surface area (Å²) in [7, 11) is 2.90. The van der Waals surface area contributed by atoms with Gasteiger partial charge in [0.2, 0.25) is 5.88 Å². The number of alkyl halides is 3. The largest absolute Gasteiger partial charge is 0.480 e. The average Bonchev–Trinajstić information content (AvgIpc) is 3.58. The molecule has 3 heterocycles. The van der Waals surface area contributed by atoms with E-state index in [1.54, 1.807) is 24.5 Å². The molecule has 0 spiro atoms. The zero-order valence-corrected chi connectivity index (χ0v) is 22.0. The third-order valence-electron chi connectivity index (χ3n) is 6.67. The van der Waals surface area contributed by atoms with E-state index in [4.69, 9.17) is 20.3 Å². The molecule has 1 aliphatic carbocycles. The van der Waals surface area contributed by atoms with Crippen molar-refractivity contribution in [1.82, 2.24) is 24.9 Å². The molecule has 0 aliphatic heterocycles. The van der Waals surface area contributed by atoms with Crippen LogP contribution < -0.4 is 14.8 Å². The molecule has 210 valence electrons. The number of aromatic nitrogens is 5. The quantitative estimate of drug-likeness (QED) is 0.183. The van der Waals surface area contributed by atoms with E-state index < -0.39 is 11.7 Å².